The molecule has 0 radical (unpaired) electrons. The number of hydrogen-bond acceptors (Lipinski definition) is 4. The molecule has 0 spiro atoms. The fraction of sp³-hybridized carbons (Fsp3) is 0.462. The van der Waals surface area contributed by atoms with Crippen molar-refractivity contribution < 1.29 is 9.53 Å². The lowest BCUT2D eigenvalue weighted by atomic mass is 10.1. The number of ether oxygens (including phenoxy) is 1. The van der Waals surface area contributed by atoms with E-state index in [0.717, 1.165) is 18.5 Å². The van der Waals surface area contributed by atoms with Gasteiger partial charge in [0.05, 0.1) is 12.7 Å². The third-order valence-electron chi connectivity index (χ3n) is 3.08. The average Bonchev–Trinajstić information content (AvgIpc) is 3.08. The second-order valence-corrected chi connectivity index (χ2v) is 4.58. The van der Waals surface area contributed by atoms with Gasteiger partial charge >= 0.3 is 0 Å². The Hall–Kier alpha value is -1.89. The van der Waals surface area contributed by atoms with Gasteiger partial charge in [0.25, 0.3) is 0 Å². The molecule has 0 atom stereocenters. The maximum absolute atomic E-state index is 10.9. The van der Waals surface area contributed by atoms with Gasteiger partial charge < -0.3 is 4.74 Å². The molecule has 4 nitrogen and oxygen atoms in total. The van der Waals surface area contributed by atoms with E-state index in [1.165, 1.54) is 0 Å². The Morgan fingerprint density at radius 2 is 2.35 bits per heavy atom. The summed E-state index contributed by atoms with van der Waals surface area (Å²) < 4.78 is 5.62. The Morgan fingerprint density at radius 3 is 2.94 bits per heavy atom. The van der Waals surface area contributed by atoms with Crippen LogP contribution in [0.4, 0.5) is 0 Å². The molecule has 1 saturated carbocycles. The van der Waals surface area contributed by atoms with E-state index in [-0.39, 0.29) is 5.41 Å². The minimum Gasteiger partial charge on any atom is -0.491 e. The van der Waals surface area contributed by atoms with Gasteiger partial charge in [0.2, 0.25) is 0 Å². The third kappa shape index (κ3) is 2.62. The first kappa shape index (κ1) is 11.6. The number of aldehydes is 1. The molecule has 1 aromatic heterocycles. The zero-order valence-electron chi connectivity index (χ0n) is 9.77. The zero-order valence-corrected chi connectivity index (χ0v) is 9.77. The van der Waals surface area contributed by atoms with Crippen LogP contribution >= 0.6 is 0 Å². The number of carbonyl (C=O) groups is 1. The fourth-order valence-corrected chi connectivity index (χ4v) is 1.72. The molecule has 0 aromatic carbocycles. The van der Waals surface area contributed by atoms with Gasteiger partial charge in [0, 0.05) is 17.5 Å². The van der Waals surface area contributed by atoms with E-state index in [9.17, 15) is 4.79 Å². The topological polar surface area (TPSA) is 63.0 Å². The van der Waals surface area contributed by atoms with Crippen LogP contribution in [0.3, 0.4) is 0 Å². The largest absolute Gasteiger partial charge is 0.491 e. The van der Waals surface area contributed by atoms with Crippen molar-refractivity contribution in [3.8, 4) is 11.8 Å². The Kier molecular flexibility index (Phi) is 3.10. The molecule has 0 unspecified atom stereocenters. The third-order valence-corrected chi connectivity index (χ3v) is 3.08. The van der Waals surface area contributed by atoms with Crippen LogP contribution < -0.4 is 4.74 Å². The molecule has 17 heavy (non-hydrogen) atoms. The lowest BCUT2D eigenvalue weighted by Gasteiger charge is -2.13. The molecule has 0 N–H and O–H groups in total. The van der Waals surface area contributed by atoms with Crippen LogP contribution in [-0.2, 0) is 0 Å². The van der Waals surface area contributed by atoms with Gasteiger partial charge in [-0.25, -0.2) is 4.98 Å². The molecule has 1 aliphatic carbocycles. The van der Waals surface area contributed by atoms with E-state index in [1.807, 2.05) is 13.0 Å². The van der Waals surface area contributed by atoms with Crippen molar-refractivity contribution in [2.45, 2.75) is 26.2 Å². The summed E-state index contributed by atoms with van der Waals surface area (Å²) in [5, 5.41) is 8.70. The van der Waals surface area contributed by atoms with Gasteiger partial charge in [-0.2, -0.15) is 5.26 Å². The molecule has 1 aliphatic rings. The van der Waals surface area contributed by atoms with Crippen molar-refractivity contribution in [1.29, 1.82) is 5.26 Å². The van der Waals surface area contributed by atoms with Crippen LogP contribution in [-0.4, -0.2) is 17.9 Å². The predicted octanol–water partition coefficient (Wildman–Crippen LogP) is 2.28. The van der Waals surface area contributed by atoms with Crippen LogP contribution in [0.1, 0.15) is 35.4 Å². The summed E-state index contributed by atoms with van der Waals surface area (Å²) in [5.41, 5.74) is 1.13. The monoisotopic (exact) mass is 230 g/mol. The van der Waals surface area contributed by atoms with E-state index < -0.39 is 0 Å². The highest BCUT2D eigenvalue weighted by molar-refractivity contribution is 5.76. The second-order valence-electron chi connectivity index (χ2n) is 4.58. The molecular formula is C13H14N2O2. The van der Waals surface area contributed by atoms with Crippen molar-refractivity contribution in [2.24, 2.45) is 5.41 Å². The minimum absolute atomic E-state index is 0.0137. The number of carbonyl (C=O) groups excluding carboxylic acids is 1. The summed E-state index contributed by atoms with van der Waals surface area (Å²) in [7, 11) is 0. The maximum Gasteiger partial charge on any atom is 0.172 e. The van der Waals surface area contributed by atoms with E-state index in [2.05, 4.69) is 11.1 Å². The number of aromatic nitrogens is 1. The number of rotatable bonds is 5. The van der Waals surface area contributed by atoms with Crippen molar-refractivity contribution in [3.05, 3.63) is 23.5 Å². The van der Waals surface area contributed by atoms with Gasteiger partial charge in [0.1, 0.15) is 11.4 Å². The standard InChI is InChI=1S/C13H14N2O2/c1-10-2-3-12(11(8-16)15-10)17-9-13(4-5-13)6-7-14/h2-3,8H,4-6,9H2,1H3. The quantitative estimate of drug-likeness (QED) is 0.728. The smallest absolute Gasteiger partial charge is 0.172 e. The van der Waals surface area contributed by atoms with E-state index >= 15 is 0 Å². The molecule has 0 aliphatic heterocycles. The van der Waals surface area contributed by atoms with Crippen molar-refractivity contribution in [3.63, 3.8) is 0 Å². The van der Waals surface area contributed by atoms with E-state index in [4.69, 9.17) is 10.00 Å². The Bertz CT molecular complexity index is 473. The summed E-state index contributed by atoms with van der Waals surface area (Å²) in [6, 6.07) is 5.75. The molecule has 2 rings (SSSR count). The van der Waals surface area contributed by atoms with Crippen molar-refractivity contribution >= 4 is 6.29 Å². The van der Waals surface area contributed by atoms with Gasteiger partial charge in [-0.05, 0) is 31.9 Å². The molecule has 1 fully saturated rings. The Morgan fingerprint density at radius 1 is 1.59 bits per heavy atom. The minimum atomic E-state index is 0.0137. The summed E-state index contributed by atoms with van der Waals surface area (Å²) in [4.78, 5) is 15.0. The van der Waals surface area contributed by atoms with Gasteiger partial charge in [-0.15, -0.1) is 0 Å². The highest BCUT2D eigenvalue weighted by atomic mass is 16.5. The zero-order chi connectivity index (χ0) is 12.3. The first-order valence-corrected chi connectivity index (χ1v) is 5.62. The molecule has 1 heterocycles. The van der Waals surface area contributed by atoms with Gasteiger partial charge in [-0.1, -0.05) is 0 Å². The number of pyridine rings is 1. The lowest BCUT2D eigenvalue weighted by molar-refractivity contribution is 0.111. The molecule has 0 bridgehead atoms. The molecule has 88 valence electrons. The first-order chi connectivity index (χ1) is 8.19. The summed E-state index contributed by atoms with van der Waals surface area (Å²) in [6.07, 6.45) is 3.27. The van der Waals surface area contributed by atoms with Crippen LogP contribution in [0.5, 0.6) is 5.75 Å². The Balaban J connectivity index is 2.04. The normalized spacial score (nSPS) is 16.0. The molecular weight excluding hydrogens is 216 g/mol. The van der Waals surface area contributed by atoms with E-state index in [1.54, 1.807) is 6.07 Å². The number of aryl methyl sites for hydroxylation is 1. The van der Waals surface area contributed by atoms with Gasteiger partial charge in [0.15, 0.2) is 6.29 Å². The summed E-state index contributed by atoms with van der Waals surface area (Å²) in [5.74, 6) is 0.509. The van der Waals surface area contributed by atoms with Crippen LogP contribution in [0.25, 0.3) is 0 Å². The predicted molar refractivity (Wildman–Crippen MR) is 61.8 cm³/mol. The average molecular weight is 230 g/mol. The maximum atomic E-state index is 10.9. The fourth-order valence-electron chi connectivity index (χ4n) is 1.72. The molecule has 0 saturated heterocycles. The van der Waals surface area contributed by atoms with Crippen molar-refractivity contribution in [2.75, 3.05) is 6.61 Å². The first-order valence-electron chi connectivity index (χ1n) is 5.62. The summed E-state index contributed by atoms with van der Waals surface area (Å²) >= 11 is 0. The summed E-state index contributed by atoms with van der Waals surface area (Å²) in [6.45, 7) is 2.32. The number of hydrogen-bond donors (Lipinski definition) is 0. The molecule has 1 aromatic rings. The SMILES string of the molecule is Cc1ccc(OCC2(CC#N)CC2)c(C=O)n1. The molecule has 4 heteroatoms. The van der Waals surface area contributed by atoms with Crippen LogP contribution in [0.15, 0.2) is 12.1 Å². The number of nitrogens with zero attached hydrogens (tertiary/aromatic N) is 2. The lowest BCUT2D eigenvalue weighted by Crippen LogP contribution is -2.13. The van der Waals surface area contributed by atoms with Crippen LogP contribution in [0, 0.1) is 23.7 Å². The number of nitriles is 1. The molecule has 0 amide bonds. The highest BCUT2D eigenvalue weighted by Crippen LogP contribution is 2.48. The van der Waals surface area contributed by atoms with Crippen molar-refractivity contribution in [1.82, 2.24) is 4.98 Å². The Labute approximate surface area is 100 Å². The van der Waals surface area contributed by atoms with E-state index in [0.29, 0.717) is 30.8 Å². The van der Waals surface area contributed by atoms with Gasteiger partial charge in [-0.3, -0.25) is 4.79 Å². The van der Waals surface area contributed by atoms with Crippen LogP contribution in [0.2, 0.25) is 0 Å². The second kappa shape index (κ2) is 4.54. The highest BCUT2D eigenvalue weighted by Gasteiger charge is 2.43.